The van der Waals surface area contributed by atoms with Crippen LogP contribution in [-0.4, -0.2) is 32.5 Å². The molecule has 0 aromatic rings. The number of rotatable bonds is 6. The van der Waals surface area contributed by atoms with Crippen molar-refractivity contribution in [1.82, 2.24) is 5.32 Å². The Morgan fingerprint density at radius 3 is 2.44 bits per heavy atom. The SMILES string of the molecule is FC(F)(F)CCCCNCC1CCOCC1. The topological polar surface area (TPSA) is 21.3 Å². The molecule has 1 heterocycles. The molecular formula is C11H20F3NO. The molecule has 1 rings (SSSR count). The number of alkyl halides is 3. The molecule has 0 atom stereocenters. The van der Waals surface area contributed by atoms with E-state index in [0.29, 0.717) is 18.9 Å². The Morgan fingerprint density at radius 1 is 1.12 bits per heavy atom. The van der Waals surface area contributed by atoms with E-state index in [2.05, 4.69) is 5.32 Å². The first kappa shape index (κ1) is 13.8. The molecule has 1 aliphatic rings. The molecule has 1 N–H and O–H groups in total. The van der Waals surface area contributed by atoms with Crippen molar-refractivity contribution in [2.75, 3.05) is 26.3 Å². The molecule has 0 amide bonds. The van der Waals surface area contributed by atoms with E-state index in [0.717, 1.165) is 32.6 Å². The predicted molar refractivity (Wildman–Crippen MR) is 56.3 cm³/mol. The lowest BCUT2D eigenvalue weighted by molar-refractivity contribution is -0.135. The van der Waals surface area contributed by atoms with Crippen LogP contribution < -0.4 is 5.32 Å². The van der Waals surface area contributed by atoms with Crippen molar-refractivity contribution in [3.63, 3.8) is 0 Å². The quantitative estimate of drug-likeness (QED) is 0.720. The van der Waals surface area contributed by atoms with E-state index in [1.807, 2.05) is 0 Å². The van der Waals surface area contributed by atoms with Crippen molar-refractivity contribution < 1.29 is 17.9 Å². The molecule has 2 nitrogen and oxygen atoms in total. The molecule has 5 heteroatoms. The third-order valence-electron chi connectivity index (χ3n) is 2.84. The zero-order valence-corrected chi connectivity index (χ0v) is 9.48. The van der Waals surface area contributed by atoms with Crippen LogP contribution in [0.25, 0.3) is 0 Å². The van der Waals surface area contributed by atoms with Crippen molar-refractivity contribution in [2.24, 2.45) is 5.92 Å². The van der Waals surface area contributed by atoms with Crippen LogP contribution in [0.1, 0.15) is 32.1 Å². The van der Waals surface area contributed by atoms with Crippen LogP contribution in [-0.2, 0) is 4.74 Å². The van der Waals surface area contributed by atoms with Gasteiger partial charge in [0.05, 0.1) is 0 Å². The zero-order chi connectivity index (χ0) is 11.9. The molecule has 0 aromatic heterocycles. The highest BCUT2D eigenvalue weighted by atomic mass is 19.4. The summed E-state index contributed by atoms with van der Waals surface area (Å²) in [4.78, 5) is 0. The van der Waals surface area contributed by atoms with Crippen molar-refractivity contribution in [2.45, 2.75) is 38.3 Å². The maximum absolute atomic E-state index is 11.8. The van der Waals surface area contributed by atoms with Crippen LogP contribution >= 0.6 is 0 Å². The number of ether oxygens (including phenoxy) is 1. The van der Waals surface area contributed by atoms with Gasteiger partial charge in [-0.2, -0.15) is 13.2 Å². The fourth-order valence-corrected chi connectivity index (χ4v) is 1.83. The molecule has 1 aliphatic heterocycles. The number of unbranched alkanes of at least 4 members (excludes halogenated alkanes) is 1. The lowest BCUT2D eigenvalue weighted by Crippen LogP contribution is -2.28. The molecule has 0 radical (unpaired) electrons. The van der Waals surface area contributed by atoms with E-state index in [4.69, 9.17) is 4.74 Å². The third kappa shape index (κ3) is 7.06. The van der Waals surface area contributed by atoms with Crippen molar-refractivity contribution >= 4 is 0 Å². The first-order chi connectivity index (χ1) is 7.58. The molecule has 0 bridgehead atoms. The molecule has 96 valence electrons. The van der Waals surface area contributed by atoms with Gasteiger partial charge < -0.3 is 10.1 Å². The summed E-state index contributed by atoms with van der Waals surface area (Å²) in [6.45, 7) is 3.24. The van der Waals surface area contributed by atoms with Gasteiger partial charge in [0.2, 0.25) is 0 Å². The summed E-state index contributed by atoms with van der Waals surface area (Å²) in [5.74, 6) is 0.636. The molecule has 0 unspecified atom stereocenters. The Balaban J connectivity index is 1.87. The third-order valence-corrected chi connectivity index (χ3v) is 2.84. The lowest BCUT2D eigenvalue weighted by Gasteiger charge is -2.22. The summed E-state index contributed by atoms with van der Waals surface area (Å²) in [5, 5.41) is 3.22. The van der Waals surface area contributed by atoms with E-state index in [-0.39, 0.29) is 6.42 Å². The Labute approximate surface area is 94.5 Å². The number of halogens is 3. The molecule has 0 saturated carbocycles. The zero-order valence-electron chi connectivity index (χ0n) is 9.48. The highest BCUT2D eigenvalue weighted by molar-refractivity contribution is 4.66. The second-order valence-electron chi connectivity index (χ2n) is 4.33. The molecule has 0 aliphatic carbocycles. The largest absolute Gasteiger partial charge is 0.389 e. The smallest absolute Gasteiger partial charge is 0.381 e. The van der Waals surface area contributed by atoms with Gasteiger partial charge in [0.1, 0.15) is 0 Å². The number of hydrogen-bond acceptors (Lipinski definition) is 2. The summed E-state index contributed by atoms with van der Waals surface area (Å²) >= 11 is 0. The highest BCUT2D eigenvalue weighted by Gasteiger charge is 2.25. The molecule has 1 fully saturated rings. The Hall–Kier alpha value is -0.290. The van der Waals surface area contributed by atoms with E-state index in [1.165, 1.54) is 0 Å². The lowest BCUT2D eigenvalue weighted by atomic mass is 10.0. The maximum Gasteiger partial charge on any atom is 0.389 e. The molecule has 0 aromatic carbocycles. The van der Waals surface area contributed by atoms with Crippen LogP contribution in [0.15, 0.2) is 0 Å². The van der Waals surface area contributed by atoms with Crippen LogP contribution in [0.2, 0.25) is 0 Å². The molecule has 1 saturated heterocycles. The average Bonchev–Trinajstić information content (AvgIpc) is 2.23. The highest BCUT2D eigenvalue weighted by Crippen LogP contribution is 2.21. The van der Waals surface area contributed by atoms with Crippen molar-refractivity contribution in [3.05, 3.63) is 0 Å². The van der Waals surface area contributed by atoms with Gasteiger partial charge in [-0.05, 0) is 44.7 Å². The average molecular weight is 239 g/mol. The van der Waals surface area contributed by atoms with Gasteiger partial charge in [-0.1, -0.05) is 0 Å². The van der Waals surface area contributed by atoms with Gasteiger partial charge in [-0.3, -0.25) is 0 Å². The summed E-state index contributed by atoms with van der Waals surface area (Å²) in [7, 11) is 0. The van der Waals surface area contributed by atoms with Crippen LogP contribution in [0.3, 0.4) is 0 Å². The van der Waals surface area contributed by atoms with Crippen molar-refractivity contribution in [3.8, 4) is 0 Å². The minimum absolute atomic E-state index is 0.226. The van der Waals surface area contributed by atoms with Gasteiger partial charge in [0.15, 0.2) is 0 Å². The number of hydrogen-bond donors (Lipinski definition) is 1. The van der Waals surface area contributed by atoms with E-state index in [9.17, 15) is 13.2 Å². The van der Waals surface area contributed by atoms with E-state index in [1.54, 1.807) is 0 Å². The fourth-order valence-electron chi connectivity index (χ4n) is 1.83. The van der Waals surface area contributed by atoms with Crippen LogP contribution in [0, 0.1) is 5.92 Å². The van der Waals surface area contributed by atoms with Gasteiger partial charge >= 0.3 is 6.18 Å². The number of nitrogens with one attached hydrogen (secondary N) is 1. The Bertz CT molecular complexity index is 179. The van der Waals surface area contributed by atoms with E-state index >= 15 is 0 Å². The molecule has 16 heavy (non-hydrogen) atoms. The first-order valence-corrected chi connectivity index (χ1v) is 5.93. The fraction of sp³-hybridized carbons (Fsp3) is 1.00. The van der Waals surface area contributed by atoms with E-state index < -0.39 is 12.6 Å². The van der Waals surface area contributed by atoms with Crippen LogP contribution in [0.4, 0.5) is 13.2 Å². The second-order valence-corrected chi connectivity index (χ2v) is 4.33. The minimum Gasteiger partial charge on any atom is -0.381 e. The Morgan fingerprint density at radius 2 is 1.81 bits per heavy atom. The standard InChI is InChI=1S/C11H20F3NO/c12-11(13,14)5-1-2-6-15-9-10-3-7-16-8-4-10/h10,15H,1-9H2. The summed E-state index contributed by atoms with van der Waals surface area (Å²) in [6.07, 6.45) is -1.70. The normalized spacial score (nSPS) is 18.9. The van der Waals surface area contributed by atoms with Crippen molar-refractivity contribution in [1.29, 1.82) is 0 Å². The summed E-state index contributed by atoms with van der Waals surface area (Å²) in [5.41, 5.74) is 0. The monoisotopic (exact) mass is 239 g/mol. The minimum atomic E-state index is -4.00. The maximum atomic E-state index is 11.8. The second kappa shape index (κ2) is 7.12. The Kier molecular flexibility index (Phi) is 6.13. The van der Waals surface area contributed by atoms with Crippen LogP contribution in [0.5, 0.6) is 0 Å². The van der Waals surface area contributed by atoms with Gasteiger partial charge in [-0.25, -0.2) is 0 Å². The van der Waals surface area contributed by atoms with Gasteiger partial charge in [0.25, 0.3) is 0 Å². The summed E-state index contributed by atoms with van der Waals surface area (Å²) < 4.78 is 40.7. The molecule has 0 spiro atoms. The molecular weight excluding hydrogens is 219 g/mol. The first-order valence-electron chi connectivity index (χ1n) is 5.93. The van der Waals surface area contributed by atoms with Gasteiger partial charge in [0, 0.05) is 19.6 Å². The van der Waals surface area contributed by atoms with Gasteiger partial charge in [-0.15, -0.1) is 0 Å². The predicted octanol–water partition coefficient (Wildman–Crippen LogP) is 2.74. The summed E-state index contributed by atoms with van der Waals surface area (Å²) in [6, 6.07) is 0.